The van der Waals surface area contributed by atoms with Crippen LogP contribution in [0.3, 0.4) is 0 Å². The van der Waals surface area contributed by atoms with Gasteiger partial charge >= 0.3 is 6.09 Å². The van der Waals surface area contributed by atoms with Gasteiger partial charge in [-0.05, 0) is 40.3 Å². The van der Waals surface area contributed by atoms with E-state index in [4.69, 9.17) is 4.74 Å². The minimum absolute atomic E-state index is 0. The van der Waals surface area contributed by atoms with Crippen molar-refractivity contribution >= 4 is 41.1 Å². The number of carbonyl (C=O) groups excluding carboxylic acids is 1. The van der Waals surface area contributed by atoms with Crippen molar-refractivity contribution in [1.29, 1.82) is 0 Å². The Hall–Kier alpha value is -0.490. The Morgan fingerprint density at radius 1 is 1.47 bits per heavy atom. The van der Waals surface area contributed by atoms with E-state index in [-0.39, 0.29) is 30.0 Å². The summed E-state index contributed by atoms with van der Waals surface area (Å²) in [5.41, 5.74) is 1.05. The highest BCUT2D eigenvalue weighted by atomic mass is 127. The first-order valence-electron chi connectivity index (χ1n) is 5.18. The van der Waals surface area contributed by atoms with Crippen LogP contribution >= 0.6 is 35.0 Å². The van der Waals surface area contributed by atoms with Crippen LogP contribution in [0, 0.1) is 8.99 Å². The molecule has 3 nitrogen and oxygen atoms in total. The maximum absolute atomic E-state index is 11.3. The topological polar surface area (TPSA) is 38.3 Å². The fourth-order valence-electron chi connectivity index (χ4n) is 1.91. The van der Waals surface area contributed by atoms with Gasteiger partial charge in [0, 0.05) is 8.99 Å². The number of rotatable bonds is 1. The molecule has 17 heavy (non-hydrogen) atoms. The lowest BCUT2D eigenvalue weighted by Gasteiger charge is -2.38. The minimum atomic E-state index is -0.330. The van der Waals surface area contributed by atoms with Gasteiger partial charge in [-0.1, -0.05) is 26.0 Å². The Labute approximate surface area is 121 Å². The van der Waals surface area contributed by atoms with Gasteiger partial charge in [0.25, 0.3) is 0 Å². The van der Waals surface area contributed by atoms with Gasteiger partial charge in [-0.3, -0.25) is 0 Å². The molecule has 1 aromatic carbocycles. The molecule has 1 aliphatic rings. The zero-order valence-corrected chi connectivity index (χ0v) is 12.7. The van der Waals surface area contributed by atoms with E-state index in [0.717, 1.165) is 5.56 Å². The Balaban J connectivity index is 0.00000144. The first kappa shape index (κ1) is 14.6. The van der Waals surface area contributed by atoms with Crippen molar-refractivity contribution in [2.24, 2.45) is 5.41 Å². The van der Waals surface area contributed by atoms with E-state index >= 15 is 0 Å². The molecule has 0 saturated carbocycles. The third-order valence-electron chi connectivity index (χ3n) is 2.80. The third-order valence-corrected chi connectivity index (χ3v) is 3.47. The predicted octanol–water partition coefficient (Wildman–Crippen LogP) is 3.52. The van der Waals surface area contributed by atoms with E-state index in [0.29, 0.717) is 6.61 Å². The Bertz CT molecular complexity index is 423. The molecule has 0 aromatic heterocycles. The summed E-state index contributed by atoms with van der Waals surface area (Å²) in [7, 11) is 0. The third kappa shape index (κ3) is 3.25. The van der Waals surface area contributed by atoms with Crippen LogP contribution in [0.2, 0.25) is 0 Å². The summed E-state index contributed by atoms with van der Waals surface area (Å²) in [6, 6.07) is 8.20. The minimum Gasteiger partial charge on any atom is -0.449 e. The molecule has 94 valence electrons. The van der Waals surface area contributed by atoms with E-state index in [9.17, 15) is 4.79 Å². The first-order chi connectivity index (χ1) is 7.49. The van der Waals surface area contributed by atoms with E-state index < -0.39 is 0 Å². The molecule has 1 N–H and O–H groups in total. The van der Waals surface area contributed by atoms with E-state index in [1.165, 1.54) is 3.57 Å². The number of halogens is 2. The summed E-state index contributed by atoms with van der Waals surface area (Å²) in [5, 5.41) is 2.89. The second kappa shape index (κ2) is 5.44. The molecule has 2 rings (SSSR count). The average Bonchev–Trinajstić information content (AvgIpc) is 2.22. The molecule has 5 heteroatoms. The van der Waals surface area contributed by atoms with Gasteiger partial charge in [0.05, 0.1) is 6.04 Å². The summed E-state index contributed by atoms with van der Waals surface area (Å²) in [6.07, 6.45) is -0.330. The lowest BCUT2D eigenvalue weighted by atomic mass is 9.80. The maximum atomic E-state index is 11.3. The molecular formula is C12H15ClINO2. The highest BCUT2D eigenvalue weighted by molar-refractivity contribution is 14.1. The van der Waals surface area contributed by atoms with Crippen molar-refractivity contribution in [3.8, 4) is 0 Å². The molecule has 0 radical (unpaired) electrons. The molecule has 1 amide bonds. The number of benzene rings is 1. The first-order valence-corrected chi connectivity index (χ1v) is 6.26. The van der Waals surface area contributed by atoms with E-state index in [1.54, 1.807) is 0 Å². The van der Waals surface area contributed by atoms with Gasteiger partial charge < -0.3 is 10.1 Å². The average molecular weight is 368 g/mol. The largest absolute Gasteiger partial charge is 0.449 e. The van der Waals surface area contributed by atoms with Crippen LogP contribution in [-0.4, -0.2) is 12.7 Å². The summed E-state index contributed by atoms with van der Waals surface area (Å²) >= 11 is 2.27. The molecular weight excluding hydrogens is 352 g/mol. The van der Waals surface area contributed by atoms with Crippen molar-refractivity contribution in [2.75, 3.05) is 6.61 Å². The molecule has 1 heterocycles. The Morgan fingerprint density at radius 2 is 2.18 bits per heavy atom. The number of amides is 1. The standard InChI is InChI=1S/C12H14INO2.ClH/c1-12(2)7-16-11(15)14-10(12)8-4-3-5-9(13)6-8;/h3-6,10H,7H2,1-2H3,(H,14,15);1H/t10-;/m1./s1. The van der Waals surface area contributed by atoms with Crippen LogP contribution in [0.5, 0.6) is 0 Å². The molecule has 1 fully saturated rings. The number of hydrogen-bond donors (Lipinski definition) is 1. The van der Waals surface area contributed by atoms with Gasteiger partial charge in [-0.25, -0.2) is 4.79 Å². The normalized spacial score (nSPS) is 22.1. The number of cyclic esters (lactones) is 1. The SMILES string of the molecule is CC1(C)COC(=O)N[C@@H]1c1cccc(I)c1.Cl. The number of carbonyl (C=O) groups is 1. The monoisotopic (exact) mass is 367 g/mol. The van der Waals surface area contributed by atoms with Crippen molar-refractivity contribution in [3.05, 3.63) is 33.4 Å². The van der Waals surface area contributed by atoms with Crippen LogP contribution in [0.1, 0.15) is 25.5 Å². The zero-order valence-electron chi connectivity index (χ0n) is 9.70. The van der Waals surface area contributed by atoms with Crippen LogP contribution in [0.15, 0.2) is 24.3 Å². The van der Waals surface area contributed by atoms with Gasteiger partial charge in [-0.2, -0.15) is 0 Å². The highest BCUT2D eigenvalue weighted by Gasteiger charge is 2.37. The fourth-order valence-corrected chi connectivity index (χ4v) is 2.48. The van der Waals surface area contributed by atoms with Crippen molar-refractivity contribution < 1.29 is 9.53 Å². The van der Waals surface area contributed by atoms with Gasteiger partial charge in [0.15, 0.2) is 0 Å². The van der Waals surface area contributed by atoms with Crippen LogP contribution in [0.4, 0.5) is 4.79 Å². The lowest BCUT2D eigenvalue weighted by Crippen LogP contribution is -2.46. The Morgan fingerprint density at radius 3 is 2.82 bits per heavy atom. The van der Waals surface area contributed by atoms with Crippen LogP contribution in [-0.2, 0) is 4.74 Å². The summed E-state index contributed by atoms with van der Waals surface area (Å²) in [5.74, 6) is 0. The molecule has 0 bridgehead atoms. The van der Waals surface area contributed by atoms with Gasteiger partial charge in [-0.15, -0.1) is 12.4 Å². The fraction of sp³-hybridized carbons (Fsp3) is 0.417. The summed E-state index contributed by atoms with van der Waals surface area (Å²) in [4.78, 5) is 11.3. The second-order valence-corrected chi connectivity index (χ2v) is 5.94. The molecule has 0 aliphatic carbocycles. The van der Waals surface area contributed by atoms with Crippen LogP contribution < -0.4 is 5.32 Å². The number of nitrogens with one attached hydrogen (secondary N) is 1. The Kier molecular flexibility index (Phi) is 4.66. The quantitative estimate of drug-likeness (QED) is 0.771. The van der Waals surface area contributed by atoms with E-state index in [1.807, 2.05) is 18.2 Å². The lowest BCUT2D eigenvalue weighted by molar-refractivity contribution is 0.0387. The number of ether oxygens (including phenoxy) is 1. The van der Waals surface area contributed by atoms with Gasteiger partial charge in [0.1, 0.15) is 6.61 Å². The zero-order chi connectivity index (χ0) is 11.8. The van der Waals surface area contributed by atoms with Crippen molar-refractivity contribution in [2.45, 2.75) is 19.9 Å². The van der Waals surface area contributed by atoms with Crippen LogP contribution in [0.25, 0.3) is 0 Å². The van der Waals surface area contributed by atoms with Crippen molar-refractivity contribution in [1.82, 2.24) is 5.32 Å². The predicted molar refractivity (Wildman–Crippen MR) is 77.4 cm³/mol. The van der Waals surface area contributed by atoms with Gasteiger partial charge in [0.2, 0.25) is 0 Å². The molecule has 1 aromatic rings. The van der Waals surface area contributed by atoms with E-state index in [2.05, 4.69) is 47.8 Å². The molecule has 0 spiro atoms. The smallest absolute Gasteiger partial charge is 0.407 e. The maximum Gasteiger partial charge on any atom is 0.407 e. The van der Waals surface area contributed by atoms with Crippen molar-refractivity contribution in [3.63, 3.8) is 0 Å². The summed E-state index contributed by atoms with van der Waals surface area (Å²) in [6.45, 7) is 4.64. The summed E-state index contributed by atoms with van der Waals surface area (Å²) < 4.78 is 6.20. The highest BCUT2D eigenvalue weighted by Crippen LogP contribution is 2.36. The molecule has 1 saturated heterocycles. The second-order valence-electron chi connectivity index (χ2n) is 4.70. The number of alkyl carbamates (subject to hydrolysis) is 1. The molecule has 1 aliphatic heterocycles. The molecule has 0 unspecified atom stereocenters. The molecule has 1 atom stereocenters. The number of hydrogen-bond acceptors (Lipinski definition) is 2.